The minimum absolute atomic E-state index is 0.123. The lowest BCUT2D eigenvalue weighted by atomic mass is 10.1. The molecule has 0 bridgehead atoms. The fraction of sp³-hybridized carbons (Fsp3) is 0.474. The third kappa shape index (κ3) is 5.29. The van der Waals surface area contributed by atoms with Gasteiger partial charge in [-0.15, -0.1) is 0 Å². The fourth-order valence-electron chi connectivity index (χ4n) is 2.68. The molecule has 0 saturated heterocycles. The molecule has 6 nitrogen and oxygen atoms in total. The van der Waals surface area contributed by atoms with Gasteiger partial charge in [0.1, 0.15) is 5.82 Å². The zero-order valence-electron chi connectivity index (χ0n) is 15.9. The maximum absolute atomic E-state index is 13.1. The first-order chi connectivity index (χ1) is 12.4. The summed E-state index contributed by atoms with van der Waals surface area (Å²) in [5, 5.41) is 9.94. The lowest BCUT2D eigenvalue weighted by Gasteiger charge is -2.24. The molecule has 0 saturated carbocycles. The van der Waals surface area contributed by atoms with Crippen LogP contribution in [-0.2, 0) is 6.54 Å². The molecule has 7 heteroatoms. The Hall–Kier alpha value is -2.41. The molecular formula is C19H28FN5O. The Labute approximate surface area is 154 Å². The number of urea groups is 1. The Bertz CT molecular complexity index is 700. The highest BCUT2D eigenvalue weighted by Gasteiger charge is 2.14. The van der Waals surface area contributed by atoms with Gasteiger partial charge in [-0.25, -0.2) is 9.18 Å². The molecule has 0 unspecified atom stereocenters. The molecule has 0 fully saturated rings. The van der Waals surface area contributed by atoms with E-state index in [1.165, 1.54) is 12.1 Å². The van der Waals surface area contributed by atoms with Crippen LogP contribution < -0.4 is 5.32 Å². The minimum Gasteiger partial charge on any atom is -0.338 e. The van der Waals surface area contributed by atoms with Crippen LogP contribution in [0.1, 0.15) is 25.8 Å². The molecule has 1 atom stereocenters. The number of aromatic amines is 1. The molecule has 0 aliphatic carbocycles. The van der Waals surface area contributed by atoms with E-state index in [-0.39, 0.29) is 11.8 Å². The number of benzene rings is 1. The maximum Gasteiger partial charge on any atom is 0.317 e. The van der Waals surface area contributed by atoms with Crippen molar-refractivity contribution in [2.45, 2.75) is 32.9 Å². The average molecular weight is 361 g/mol. The van der Waals surface area contributed by atoms with Gasteiger partial charge in [0.25, 0.3) is 0 Å². The topological polar surface area (TPSA) is 64.3 Å². The van der Waals surface area contributed by atoms with Crippen LogP contribution in [0.15, 0.2) is 30.5 Å². The summed E-state index contributed by atoms with van der Waals surface area (Å²) in [7, 11) is 3.83. The monoisotopic (exact) mass is 361 g/mol. The second-order valence-electron chi connectivity index (χ2n) is 6.58. The molecule has 142 valence electrons. The van der Waals surface area contributed by atoms with Crippen molar-refractivity contribution >= 4 is 6.03 Å². The minimum atomic E-state index is -0.283. The number of aromatic nitrogens is 2. The van der Waals surface area contributed by atoms with Crippen molar-refractivity contribution < 1.29 is 9.18 Å². The van der Waals surface area contributed by atoms with Crippen LogP contribution in [-0.4, -0.2) is 59.3 Å². The average Bonchev–Trinajstić information content (AvgIpc) is 3.09. The Morgan fingerprint density at radius 3 is 2.65 bits per heavy atom. The summed E-state index contributed by atoms with van der Waals surface area (Å²) in [5.41, 5.74) is 2.51. The van der Waals surface area contributed by atoms with Crippen LogP contribution in [0, 0.1) is 5.82 Å². The van der Waals surface area contributed by atoms with E-state index in [9.17, 15) is 9.18 Å². The molecule has 0 spiro atoms. The first-order valence-electron chi connectivity index (χ1n) is 8.89. The number of nitrogens with zero attached hydrogens (tertiary/aromatic N) is 3. The molecule has 0 radical (unpaired) electrons. The number of halogens is 1. The number of H-pyrrole nitrogens is 1. The Balaban J connectivity index is 1.90. The number of carbonyl (C=O) groups is 1. The highest BCUT2D eigenvalue weighted by molar-refractivity contribution is 5.74. The lowest BCUT2D eigenvalue weighted by Crippen LogP contribution is -2.39. The molecule has 1 aromatic heterocycles. The summed E-state index contributed by atoms with van der Waals surface area (Å²) >= 11 is 0. The standard InChI is InChI=1S/C19H28FN5O/c1-5-24(3)14(2)10-11-21-19(26)25(4)13-16-12-22-23-18(16)15-6-8-17(20)9-7-15/h6-9,12,14H,5,10-11,13H2,1-4H3,(H,21,26)(H,22,23)/t14-/m1/s1. The van der Waals surface area contributed by atoms with Crippen molar-refractivity contribution in [3.8, 4) is 11.3 Å². The van der Waals surface area contributed by atoms with Gasteiger partial charge in [-0.3, -0.25) is 5.10 Å². The molecule has 2 N–H and O–H groups in total. The Morgan fingerprint density at radius 2 is 2.00 bits per heavy atom. The van der Waals surface area contributed by atoms with Gasteiger partial charge in [0.15, 0.2) is 0 Å². The van der Waals surface area contributed by atoms with E-state index in [0.29, 0.717) is 19.1 Å². The van der Waals surface area contributed by atoms with Crippen LogP contribution in [0.25, 0.3) is 11.3 Å². The molecule has 1 heterocycles. The van der Waals surface area contributed by atoms with Crippen molar-refractivity contribution in [2.24, 2.45) is 0 Å². The van der Waals surface area contributed by atoms with Crippen LogP contribution in [0.4, 0.5) is 9.18 Å². The summed E-state index contributed by atoms with van der Waals surface area (Å²) < 4.78 is 13.1. The molecule has 0 aliphatic heterocycles. The Kier molecular flexibility index (Phi) is 7.15. The van der Waals surface area contributed by atoms with Crippen LogP contribution in [0.2, 0.25) is 0 Å². The number of hydrogen-bond acceptors (Lipinski definition) is 3. The van der Waals surface area contributed by atoms with Crippen LogP contribution in [0.5, 0.6) is 0 Å². The van der Waals surface area contributed by atoms with Gasteiger partial charge in [0.05, 0.1) is 18.4 Å². The highest BCUT2D eigenvalue weighted by Crippen LogP contribution is 2.22. The number of carbonyl (C=O) groups excluding carboxylic acids is 1. The van der Waals surface area contributed by atoms with Gasteiger partial charge in [-0.2, -0.15) is 5.10 Å². The molecular weight excluding hydrogens is 333 g/mol. The van der Waals surface area contributed by atoms with Crippen LogP contribution >= 0.6 is 0 Å². The molecule has 2 amide bonds. The maximum atomic E-state index is 13.1. The number of rotatable bonds is 8. The number of hydrogen-bond donors (Lipinski definition) is 2. The van der Waals surface area contributed by atoms with E-state index < -0.39 is 0 Å². The van der Waals surface area contributed by atoms with Crippen molar-refractivity contribution in [1.29, 1.82) is 0 Å². The molecule has 1 aromatic carbocycles. The third-order valence-corrected chi connectivity index (χ3v) is 4.69. The summed E-state index contributed by atoms with van der Waals surface area (Å²) in [6.45, 7) is 6.30. The largest absolute Gasteiger partial charge is 0.338 e. The lowest BCUT2D eigenvalue weighted by molar-refractivity contribution is 0.203. The zero-order chi connectivity index (χ0) is 19.1. The van der Waals surface area contributed by atoms with Gasteiger partial charge in [0.2, 0.25) is 0 Å². The third-order valence-electron chi connectivity index (χ3n) is 4.69. The van der Waals surface area contributed by atoms with Crippen molar-refractivity contribution in [2.75, 3.05) is 27.2 Å². The Morgan fingerprint density at radius 1 is 1.31 bits per heavy atom. The van der Waals surface area contributed by atoms with E-state index in [2.05, 4.69) is 41.3 Å². The van der Waals surface area contributed by atoms with Crippen molar-refractivity contribution in [1.82, 2.24) is 25.3 Å². The first kappa shape index (κ1) is 19.9. The van der Waals surface area contributed by atoms with E-state index in [4.69, 9.17) is 0 Å². The first-order valence-corrected chi connectivity index (χ1v) is 8.89. The normalized spacial score (nSPS) is 12.2. The summed E-state index contributed by atoms with van der Waals surface area (Å²) in [4.78, 5) is 16.2. The van der Waals surface area contributed by atoms with Gasteiger partial charge in [-0.05, 0) is 51.2 Å². The van der Waals surface area contributed by atoms with Gasteiger partial charge in [-0.1, -0.05) is 6.92 Å². The highest BCUT2D eigenvalue weighted by atomic mass is 19.1. The number of amides is 2. The summed E-state index contributed by atoms with van der Waals surface area (Å²) in [6.07, 6.45) is 2.59. The predicted octanol–water partition coefficient (Wildman–Crippen LogP) is 3.09. The van der Waals surface area contributed by atoms with E-state index in [1.54, 1.807) is 30.3 Å². The molecule has 26 heavy (non-hydrogen) atoms. The fourth-order valence-corrected chi connectivity index (χ4v) is 2.68. The zero-order valence-corrected chi connectivity index (χ0v) is 15.9. The predicted molar refractivity (Wildman–Crippen MR) is 101 cm³/mol. The number of nitrogens with one attached hydrogen (secondary N) is 2. The molecule has 0 aliphatic rings. The van der Waals surface area contributed by atoms with E-state index in [0.717, 1.165) is 29.8 Å². The quantitative estimate of drug-likeness (QED) is 0.759. The smallest absolute Gasteiger partial charge is 0.317 e. The summed E-state index contributed by atoms with van der Waals surface area (Å²) in [6, 6.07) is 6.50. The second-order valence-corrected chi connectivity index (χ2v) is 6.58. The van der Waals surface area contributed by atoms with E-state index >= 15 is 0 Å². The van der Waals surface area contributed by atoms with Crippen molar-refractivity contribution in [3.05, 3.63) is 41.8 Å². The van der Waals surface area contributed by atoms with Gasteiger partial charge >= 0.3 is 6.03 Å². The molecule has 2 rings (SSSR count). The molecule has 2 aromatic rings. The SMILES string of the molecule is CCN(C)[C@H](C)CCNC(=O)N(C)Cc1cn[nH]c1-c1ccc(F)cc1. The second kappa shape index (κ2) is 9.33. The van der Waals surface area contributed by atoms with Crippen molar-refractivity contribution in [3.63, 3.8) is 0 Å². The van der Waals surface area contributed by atoms with E-state index in [1.807, 2.05) is 0 Å². The summed E-state index contributed by atoms with van der Waals surface area (Å²) in [5.74, 6) is -0.283. The van der Waals surface area contributed by atoms with Gasteiger partial charge in [0, 0.05) is 30.8 Å². The van der Waals surface area contributed by atoms with Crippen LogP contribution in [0.3, 0.4) is 0 Å². The van der Waals surface area contributed by atoms with Gasteiger partial charge < -0.3 is 15.1 Å².